The summed E-state index contributed by atoms with van der Waals surface area (Å²) in [5.74, 6) is 0.833. The van der Waals surface area contributed by atoms with Crippen molar-refractivity contribution in [2.75, 3.05) is 5.32 Å². The number of nitrogens with one attached hydrogen (secondary N) is 1. The largest absolute Gasteiger partial charge is 0.467 e. The molecular weight excluding hydrogens is 366 g/mol. The van der Waals surface area contributed by atoms with E-state index in [1.54, 1.807) is 12.5 Å². The monoisotopic (exact) mass is 385 g/mol. The number of thiocarbonyl (C=S) groups is 1. The maximum Gasteiger partial charge on any atom is 0.174 e. The molecule has 4 nitrogen and oxygen atoms in total. The Hall–Kier alpha value is -2.37. The number of hydrogen-bond donors (Lipinski definition) is 1. The number of hydrogen-bond acceptors (Lipinski definition) is 3. The van der Waals surface area contributed by atoms with Gasteiger partial charge in [0.25, 0.3) is 0 Å². The fourth-order valence-electron chi connectivity index (χ4n) is 2.67. The van der Waals surface area contributed by atoms with Gasteiger partial charge in [-0.2, -0.15) is 0 Å². The van der Waals surface area contributed by atoms with Crippen LogP contribution in [0.1, 0.15) is 30.0 Å². The Morgan fingerprint density at radius 3 is 2.77 bits per heavy atom. The molecule has 0 spiro atoms. The molecule has 0 radical (unpaired) electrons. The smallest absolute Gasteiger partial charge is 0.174 e. The SMILES string of the molecule is Cc1c(Cl)cccc1NC(=S)N(Cc1ccco1)[C@H](C)c1ccccn1. The zero-order chi connectivity index (χ0) is 18.5. The molecule has 0 saturated heterocycles. The van der Waals surface area contributed by atoms with Crippen molar-refractivity contribution in [3.05, 3.63) is 83.0 Å². The van der Waals surface area contributed by atoms with Gasteiger partial charge in [-0.1, -0.05) is 23.7 Å². The molecular formula is C20H20ClN3OS. The van der Waals surface area contributed by atoms with Crippen LogP contribution in [0.2, 0.25) is 5.02 Å². The number of halogens is 1. The van der Waals surface area contributed by atoms with Crippen LogP contribution in [0.3, 0.4) is 0 Å². The van der Waals surface area contributed by atoms with E-state index in [1.165, 1.54) is 0 Å². The first-order chi connectivity index (χ1) is 12.6. The van der Waals surface area contributed by atoms with E-state index in [9.17, 15) is 0 Å². The number of rotatable bonds is 5. The molecule has 2 heterocycles. The van der Waals surface area contributed by atoms with Gasteiger partial charge in [0, 0.05) is 16.9 Å². The molecule has 3 aromatic rings. The second-order valence-corrected chi connectivity index (χ2v) is 6.77. The van der Waals surface area contributed by atoms with Crippen molar-refractivity contribution in [3.63, 3.8) is 0 Å². The van der Waals surface area contributed by atoms with Crippen molar-refractivity contribution >= 4 is 34.6 Å². The number of pyridine rings is 1. The zero-order valence-corrected chi connectivity index (χ0v) is 16.2. The second kappa shape index (κ2) is 8.34. The van der Waals surface area contributed by atoms with Crippen LogP contribution in [0.5, 0.6) is 0 Å². The topological polar surface area (TPSA) is 41.3 Å². The highest BCUT2D eigenvalue weighted by Gasteiger charge is 2.21. The number of nitrogens with zero attached hydrogens (tertiary/aromatic N) is 2. The average Bonchev–Trinajstić information content (AvgIpc) is 3.17. The summed E-state index contributed by atoms with van der Waals surface area (Å²) < 4.78 is 5.52. The van der Waals surface area contributed by atoms with Gasteiger partial charge in [0.05, 0.1) is 24.5 Å². The van der Waals surface area contributed by atoms with Gasteiger partial charge in [-0.25, -0.2) is 0 Å². The summed E-state index contributed by atoms with van der Waals surface area (Å²) in [7, 11) is 0. The Balaban J connectivity index is 1.86. The van der Waals surface area contributed by atoms with Gasteiger partial charge in [-0.05, 0) is 68.0 Å². The third-order valence-corrected chi connectivity index (χ3v) is 5.01. The highest BCUT2D eigenvalue weighted by molar-refractivity contribution is 7.80. The van der Waals surface area contributed by atoms with Crippen LogP contribution in [-0.2, 0) is 6.54 Å². The van der Waals surface area contributed by atoms with E-state index in [0.717, 1.165) is 22.7 Å². The Bertz CT molecular complexity index is 868. The predicted octanol–water partition coefficient (Wildman–Crippen LogP) is 5.60. The van der Waals surface area contributed by atoms with Gasteiger partial charge in [0.1, 0.15) is 5.76 Å². The van der Waals surface area contributed by atoms with Crippen molar-refractivity contribution < 1.29 is 4.42 Å². The summed E-state index contributed by atoms with van der Waals surface area (Å²) in [5.41, 5.74) is 2.78. The highest BCUT2D eigenvalue weighted by Crippen LogP contribution is 2.26. The molecule has 1 aromatic carbocycles. The summed E-state index contributed by atoms with van der Waals surface area (Å²) in [6.45, 7) is 4.58. The summed E-state index contributed by atoms with van der Waals surface area (Å²) in [4.78, 5) is 6.52. The molecule has 0 aliphatic rings. The molecule has 0 unspecified atom stereocenters. The standard InChI is InChI=1S/C20H20ClN3OS/c1-14-17(21)8-5-10-18(14)23-20(26)24(13-16-7-6-12-25-16)15(2)19-9-3-4-11-22-19/h3-12,15H,13H2,1-2H3,(H,23,26)/t15-/m1/s1. The van der Waals surface area contributed by atoms with Crippen molar-refractivity contribution in [1.29, 1.82) is 0 Å². The van der Waals surface area contributed by atoms with E-state index in [1.807, 2.05) is 55.5 Å². The molecule has 0 aliphatic heterocycles. The maximum atomic E-state index is 6.23. The van der Waals surface area contributed by atoms with E-state index in [4.69, 9.17) is 28.2 Å². The Morgan fingerprint density at radius 1 is 1.23 bits per heavy atom. The van der Waals surface area contributed by atoms with Crippen LogP contribution in [0.4, 0.5) is 5.69 Å². The lowest BCUT2D eigenvalue weighted by Crippen LogP contribution is -2.36. The number of anilines is 1. The molecule has 0 saturated carbocycles. The van der Waals surface area contributed by atoms with Crippen LogP contribution < -0.4 is 5.32 Å². The molecule has 26 heavy (non-hydrogen) atoms. The van der Waals surface area contributed by atoms with Gasteiger partial charge in [-0.3, -0.25) is 4.98 Å². The van der Waals surface area contributed by atoms with Gasteiger partial charge in [0.2, 0.25) is 0 Å². The molecule has 0 aliphatic carbocycles. The molecule has 6 heteroatoms. The van der Waals surface area contributed by atoms with Crippen LogP contribution in [0.15, 0.2) is 65.4 Å². The van der Waals surface area contributed by atoms with Crippen LogP contribution in [-0.4, -0.2) is 15.0 Å². The lowest BCUT2D eigenvalue weighted by atomic mass is 10.1. The fourth-order valence-corrected chi connectivity index (χ4v) is 3.17. The van der Waals surface area contributed by atoms with Gasteiger partial charge in [-0.15, -0.1) is 0 Å². The Morgan fingerprint density at radius 2 is 2.08 bits per heavy atom. The molecule has 0 fully saturated rings. The molecule has 0 amide bonds. The molecule has 2 aromatic heterocycles. The minimum atomic E-state index is -0.0270. The molecule has 3 rings (SSSR count). The first-order valence-electron chi connectivity index (χ1n) is 8.32. The van der Waals surface area contributed by atoms with Crippen molar-refractivity contribution in [3.8, 4) is 0 Å². The Labute approximate surface area is 163 Å². The number of furan rings is 1. The average molecular weight is 386 g/mol. The highest BCUT2D eigenvalue weighted by atomic mass is 35.5. The minimum absolute atomic E-state index is 0.0270. The first kappa shape index (κ1) is 18.4. The molecule has 134 valence electrons. The van der Waals surface area contributed by atoms with Crippen LogP contribution in [0.25, 0.3) is 0 Å². The maximum absolute atomic E-state index is 6.23. The van der Waals surface area contributed by atoms with Crippen molar-refractivity contribution in [2.45, 2.75) is 26.4 Å². The lowest BCUT2D eigenvalue weighted by Gasteiger charge is -2.31. The first-order valence-corrected chi connectivity index (χ1v) is 9.11. The number of aromatic nitrogens is 1. The fraction of sp³-hybridized carbons (Fsp3) is 0.200. The van der Waals surface area contributed by atoms with E-state index in [0.29, 0.717) is 16.7 Å². The van der Waals surface area contributed by atoms with E-state index < -0.39 is 0 Å². The zero-order valence-electron chi connectivity index (χ0n) is 14.6. The van der Waals surface area contributed by atoms with E-state index in [2.05, 4.69) is 22.1 Å². The summed E-state index contributed by atoms with van der Waals surface area (Å²) in [6, 6.07) is 15.4. The predicted molar refractivity (Wildman–Crippen MR) is 109 cm³/mol. The quantitative estimate of drug-likeness (QED) is 0.579. The molecule has 0 bridgehead atoms. The third kappa shape index (κ3) is 4.23. The van der Waals surface area contributed by atoms with E-state index >= 15 is 0 Å². The van der Waals surface area contributed by atoms with Gasteiger partial charge >= 0.3 is 0 Å². The molecule has 1 atom stereocenters. The van der Waals surface area contributed by atoms with Gasteiger partial charge in [0.15, 0.2) is 5.11 Å². The van der Waals surface area contributed by atoms with Gasteiger partial charge < -0.3 is 14.6 Å². The van der Waals surface area contributed by atoms with Crippen LogP contribution in [0, 0.1) is 6.92 Å². The second-order valence-electron chi connectivity index (χ2n) is 5.98. The molecule has 1 N–H and O–H groups in total. The number of benzene rings is 1. The summed E-state index contributed by atoms with van der Waals surface area (Å²) in [6.07, 6.45) is 3.45. The summed E-state index contributed by atoms with van der Waals surface area (Å²) >= 11 is 11.9. The lowest BCUT2D eigenvalue weighted by molar-refractivity contribution is 0.299. The van der Waals surface area contributed by atoms with Crippen LogP contribution >= 0.6 is 23.8 Å². The third-order valence-electron chi connectivity index (χ3n) is 4.26. The minimum Gasteiger partial charge on any atom is -0.467 e. The van der Waals surface area contributed by atoms with Crippen molar-refractivity contribution in [1.82, 2.24) is 9.88 Å². The van der Waals surface area contributed by atoms with Crippen molar-refractivity contribution in [2.24, 2.45) is 0 Å². The summed E-state index contributed by atoms with van der Waals surface area (Å²) in [5, 5.41) is 4.61. The Kier molecular flexibility index (Phi) is 5.91. The van der Waals surface area contributed by atoms with E-state index in [-0.39, 0.29) is 6.04 Å². The normalized spacial score (nSPS) is 11.8.